The summed E-state index contributed by atoms with van der Waals surface area (Å²) in [4.78, 5) is 25.4. The van der Waals surface area contributed by atoms with Gasteiger partial charge in [-0.1, -0.05) is 0 Å². The van der Waals surface area contributed by atoms with Crippen molar-refractivity contribution in [2.24, 2.45) is 0 Å². The molecule has 1 aromatic rings. The standard InChI is InChI=1S/C15H21N3O2/c1-10-8-11(16-2)4-6-13(10)15(20)17-12-5-7-14(19)18(3)9-12/h4,6,8,12,16H,5,7,9H2,1-3H3,(H,17,20). The van der Waals surface area contributed by atoms with E-state index in [0.717, 1.165) is 11.3 Å². The van der Waals surface area contributed by atoms with Crippen molar-refractivity contribution in [1.82, 2.24) is 10.2 Å². The van der Waals surface area contributed by atoms with Gasteiger partial charge in [0.1, 0.15) is 0 Å². The largest absolute Gasteiger partial charge is 0.388 e. The molecule has 1 heterocycles. The number of hydrogen-bond donors (Lipinski definition) is 2. The Balaban J connectivity index is 2.03. The molecule has 2 amide bonds. The summed E-state index contributed by atoms with van der Waals surface area (Å²) < 4.78 is 0. The summed E-state index contributed by atoms with van der Waals surface area (Å²) in [6, 6.07) is 5.70. The van der Waals surface area contributed by atoms with Crippen molar-refractivity contribution in [2.75, 3.05) is 26.0 Å². The van der Waals surface area contributed by atoms with Crippen LogP contribution in [0.4, 0.5) is 5.69 Å². The Morgan fingerprint density at radius 3 is 2.75 bits per heavy atom. The molecular weight excluding hydrogens is 254 g/mol. The number of rotatable bonds is 3. The van der Waals surface area contributed by atoms with Gasteiger partial charge in [-0.25, -0.2) is 0 Å². The quantitative estimate of drug-likeness (QED) is 0.876. The summed E-state index contributed by atoms with van der Waals surface area (Å²) in [5, 5.41) is 6.06. The van der Waals surface area contributed by atoms with Crippen molar-refractivity contribution in [2.45, 2.75) is 25.8 Å². The Bertz CT molecular complexity index is 528. The molecule has 0 radical (unpaired) electrons. The number of nitrogens with one attached hydrogen (secondary N) is 2. The van der Waals surface area contributed by atoms with Crippen molar-refractivity contribution in [3.05, 3.63) is 29.3 Å². The van der Waals surface area contributed by atoms with Crippen molar-refractivity contribution in [1.29, 1.82) is 0 Å². The SMILES string of the molecule is CNc1ccc(C(=O)NC2CCC(=O)N(C)C2)c(C)c1. The molecular formula is C15H21N3O2. The molecule has 20 heavy (non-hydrogen) atoms. The molecule has 1 atom stereocenters. The van der Waals surface area contributed by atoms with E-state index >= 15 is 0 Å². The van der Waals surface area contributed by atoms with Crippen LogP contribution in [0.2, 0.25) is 0 Å². The lowest BCUT2D eigenvalue weighted by Gasteiger charge is -2.30. The molecule has 2 rings (SSSR count). The highest BCUT2D eigenvalue weighted by Crippen LogP contribution is 2.16. The van der Waals surface area contributed by atoms with E-state index in [1.807, 2.05) is 32.2 Å². The van der Waals surface area contributed by atoms with Gasteiger partial charge in [-0.3, -0.25) is 9.59 Å². The van der Waals surface area contributed by atoms with Gasteiger partial charge in [-0.2, -0.15) is 0 Å². The Morgan fingerprint density at radius 1 is 1.40 bits per heavy atom. The van der Waals surface area contributed by atoms with E-state index < -0.39 is 0 Å². The minimum atomic E-state index is -0.0714. The average molecular weight is 275 g/mol. The summed E-state index contributed by atoms with van der Waals surface area (Å²) >= 11 is 0. The highest BCUT2D eigenvalue weighted by atomic mass is 16.2. The van der Waals surface area contributed by atoms with Crippen LogP contribution in [0.1, 0.15) is 28.8 Å². The minimum Gasteiger partial charge on any atom is -0.388 e. The summed E-state index contributed by atoms with van der Waals surface area (Å²) in [5.74, 6) is 0.0722. The van der Waals surface area contributed by atoms with Crippen LogP contribution in [0.15, 0.2) is 18.2 Å². The molecule has 1 aliphatic rings. The van der Waals surface area contributed by atoms with Crippen LogP contribution in [0.25, 0.3) is 0 Å². The van der Waals surface area contributed by atoms with Crippen LogP contribution in [0.3, 0.4) is 0 Å². The number of aryl methyl sites for hydroxylation is 1. The smallest absolute Gasteiger partial charge is 0.251 e. The lowest BCUT2D eigenvalue weighted by atomic mass is 10.0. The van der Waals surface area contributed by atoms with E-state index in [9.17, 15) is 9.59 Å². The first kappa shape index (κ1) is 14.4. The van der Waals surface area contributed by atoms with Gasteiger partial charge in [0.25, 0.3) is 5.91 Å². The number of anilines is 1. The molecule has 5 nitrogen and oxygen atoms in total. The van der Waals surface area contributed by atoms with Crippen molar-refractivity contribution in [3.8, 4) is 0 Å². The Kier molecular flexibility index (Phi) is 4.27. The molecule has 2 N–H and O–H groups in total. The second-order valence-corrected chi connectivity index (χ2v) is 5.26. The number of amides is 2. The number of nitrogens with zero attached hydrogens (tertiary/aromatic N) is 1. The molecule has 108 valence electrons. The van der Waals surface area contributed by atoms with Crippen LogP contribution in [0, 0.1) is 6.92 Å². The number of piperidine rings is 1. The van der Waals surface area contributed by atoms with E-state index in [1.165, 1.54) is 0 Å². The lowest BCUT2D eigenvalue weighted by molar-refractivity contribution is -0.132. The fourth-order valence-corrected chi connectivity index (χ4v) is 2.47. The summed E-state index contributed by atoms with van der Waals surface area (Å²) in [7, 11) is 3.62. The van der Waals surface area contributed by atoms with Crippen molar-refractivity contribution < 1.29 is 9.59 Å². The van der Waals surface area contributed by atoms with Crippen LogP contribution < -0.4 is 10.6 Å². The van der Waals surface area contributed by atoms with Crippen molar-refractivity contribution in [3.63, 3.8) is 0 Å². The van der Waals surface area contributed by atoms with Crippen molar-refractivity contribution >= 4 is 17.5 Å². The van der Waals surface area contributed by atoms with Gasteiger partial charge in [-0.15, -0.1) is 0 Å². The van der Waals surface area contributed by atoms with E-state index in [0.29, 0.717) is 24.9 Å². The van der Waals surface area contributed by atoms with Gasteiger partial charge in [-0.05, 0) is 37.1 Å². The maximum Gasteiger partial charge on any atom is 0.251 e. The molecule has 0 bridgehead atoms. The average Bonchev–Trinajstić information content (AvgIpc) is 2.42. The number of likely N-dealkylation sites (N-methyl/N-ethyl adjacent to an activating group) is 1. The number of benzene rings is 1. The molecule has 5 heteroatoms. The fourth-order valence-electron chi connectivity index (χ4n) is 2.47. The molecule has 0 aliphatic carbocycles. The van der Waals surface area contributed by atoms with Gasteiger partial charge in [0, 0.05) is 44.4 Å². The third kappa shape index (κ3) is 3.10. The Hall–Kier alpha value is -2.04. The zero-order valence-corrected chi connectivity index (χ0v) is 12.2. The maximum atomic E-state index is 12.3. The van der Waals surface area contributed by atoms with Crippen LogP contribution >= 0.6 is 0 Å². The van der Waals surface area contributed by atoms with E-state index in [-0.39, 0.29) is 17.9 Å². The molecule has 0 saturated carbocycles. The van der Waals surface area contributed by atoms with Crippen LogP contribution in [-0.2, 0) is 4.79 Å². The first-order valence-corrected chi connectivity index (χ1v) is 6.84. The monoisotopic (exact) mass is 275 g/mol. The third-order valence-electron chi connectivity index (χ3n) is 3.72. The summed E-state index contributed by atoms with van der Waals surface area (Å²) in [6.07, 6.45) is 1.21. The highest BCUT2D eigenvalue weighted by molar-refractivity contribution is 5.96. The topological polar surface area (TPSA) is 61.4 Å². The van der Waals surface area contributed by atoms with Gasteiger partial charge in [0.2, 0.25) is 5.91 Å². The zero-order valence-electron chi connectivity index (χ0n) is 12.2. The summed E-state index contributed by atoms with van der Waals surface area (Å²) in [5.41, 5.74) is 2.61. The first-order valence-electron chi connectivity index (χ1n) is 6.84. The summed E-state index contributed by atoms with van der Waals surface area (Å²) in [6.45, 7) is 2.50. The number of hydrogen-bond acceptors (Lipinski definition) is 3. The van der Waals surface area contributed by atoms with Gasteiger partial charge in [0.15, 0.2) is 0 Å². The van der Waals surface area contributed by atoms with Gasteiger partial charge < -0.3 is 15.5 Å². The van der Waals surface area contributed by atoms with E-state index in [1.54, 1.807) is 11.9 Å². The van der Waals surface area contributed by atoms with Gasteiger partial charge >= 0.3 is 0 Å². The number of likely N-dealkylation sites (tertiary alicyclic amines) is 1. The molecule has 0 aromatic heterocycles. The normalized spacial score (nSPS) is 18.9. The number of carbonyl (C=O) groups is 2. The third-order valence-corrected chi connectivity index (χ3v) is 3.72. The fraction of sp³-hybridized carbons (Fsp3) is 0.467. The zero-order chi connectivity index (χ0) is 14.7. The van der Waals surface area contributed by atoms with Gasteiger partial charge in [0.05, 0.1) is 0 Å². The van der Waals surface area contributed by atoms with Crippen LogP contribution in [0.5, 0.6) is 0 Å². The second-order valence-electron chi connectivity index (χ2n) is 5.26. The van der Waals surface area contributed by atoms with Crippen LogP contribution in [-0.4, -0.2) is 43.4 Å². The first-order chi connectivity index (χ1) is 9.51. The number of carbonyl (C=O) groups excluding carboxylic acids is 2. The maximum absolute atomic E-state index is 12.3. The Labute approximate surface area is 119 Å². The highest BCUT2D eigenvalue weighted by Gasteiger charge is 2.24. The molecule has 1 aliphatic heterocycles. The predicted molar refractivity (Wildman–Crippen MR) is 78.9 cm³/mol. The molecule has 1 fully saturated rings. The lowest BCUT2D eigenvalue weighted by Crippen LogP contribution is -2.48. The van der Waals surface area contributed by atoms with E-state index in [2.05, 4.69) is 10.6 Å². The second kappa shape index (κ2) is 5.94. The Morgan fingerprint density at radius 2 is 2.15 bits per heavy atom. The molecule has 1 aromatic carbocycles. The molecule has 1 saturated heterocycles. The predicted octanol–water partition coefficient (Wildman–Crippen LogP) is 1.39. The molecule has 1 unspecified atom stereocenters. The molecule has 0 spiro atoms. The van der Waals surface area contributed by atoms with E-state index in [4.69, 9.17) is 0 Å². The minimum absolute atomic E-state index is 0.0357.